The molecule has 18 heavy (non-hydrogen) atoms. The van der Waals surface area contributed by atoms with Crippen molar-refractivity contribution in [2.75, 3.05) is 17.6 Å². The third-order valence-corrected chi connectivity index (χ3v) is 4.56. The Morgan fingerprint density at radius 3 is 2.56 bits per heavy atom. The van der Waals surface area contributed by atoms with Gasteiger partial charge in [0.2, 0.25) is 10.0 Å². The highest BCUT2D eigenvalue weighted by Gasteiger charge is 2.32. The Morgan fingerprint density at radius 1 is 1.44 bits per heavy atom. The molecule has 2 rings (SSSR count). The number of nitrogens with one attached hydrogen (secondary N) is 1. The summed E-state index contributed by atoms with van der Waals surface area (Å²) in [6, 6.07) is 3.15. The summed E-state index contributed by atoms with van der Waals surface area (Å²) in [6.07, 6.45) is 1.22. The number of rotatable bonds is 4. The maximum atomic E-state index is 11.5. The molecular formula is C12H19N3O2S. The van der Waals surface area contributed by atoms with Gasteiger partial charge in [0, 0.05) is 17.9 Å². The fourth-order valence-electron chi connectivity index (χ4n) is 2.11. The van der Waals surface area contributed by atoms with Gasteiger partial charge in [0.15, 0.2) is 0 Å². The molecule has 0 aliphatic heterocycles. The van der Waals surface area contributed by atoms with Crippen LogP contribution in [0.15, 0.2) is 17.0 Å². The predicted octanol–water partition coefficient (Wildman–Crippen LogP) is 1.29. The van der Waals surface area contributed by atoms with E-state index in [0.717, 1.165) is 18.2 Å². The van der Waals surface area contributed by atoms with Crippen LogP contribution in [0.2, 0.25) is 0 Å². The Labute approximate surface area is 108 Å². The van der Waals surface area contributed by atoms with Crippen molar-refractivity contribution in [2.24, 2.45) is 17.0 Å². The van der Waals surface area contributed by atoms with E-state index < -0.39 is 10.0 Å². The molecule has 0 spiro atoms. The zero-order chi connectivity index (χ0) is 13.5. The minimum atomic E-state index is -3.73. The topological polar surface area (TPSA) is 98.2 Å². The lowest BCUT2D eigenvalue weighted by atomic mass is 10.1. The first-order valence-electron chi connectivity index (χ1n) is 5.96. The smallest absolute Gasteiger partial charge is 0.238 e. The molecule has 1 aromatic rings. The summed E-state index contributed by atoms with van der Waals surface area (Å²) < 4.78 is 22.9. The van der Waals surface area contributed by atoms with Crippen LogP contribution in [-0.2, 0) is 10.0 Å². The number of sulfonamides is 1. The van der Waals surface area contributed by atoms with Crippen LogP contribution in [0.1, 0.15) is 18.9 Å². The quantitative estimate of drug-likeness (QED) is 0.717. The molecule has 5 N–H and O–H groups in total. The molecule has 1 aliphatic rings. The fourth-order valence-corrected chi connectivity index (χ4v) is 2.95. The highest BCUT2D eigenvalue weighted by molar-refractivity contribution is 7.89. The number of anilines is 2. The van der Waals surface area contributed by atoms with Crippen molar-refractivity contribution in [2.45, 2.75) is 25.2 Å². The van der Waals surface area contributed by atoms with Gasteiger partial charge < -0.3 is 11.1 Å². The van der Waals surface area contributed by atoms with Crippen molar-refractivity contribution in [1.29, 1.82) is 0 Å². The Bertz CT molecular complexity index is 569. The van der Waals surface area contributed by atoms with Crippen LogP contribution in [0.25, 0.3) is 0 Å². The van der Waals surface area contributed by atoms with Crippen molar-refractivity contribution in [1.82, 2.24) is 0 Å². The average Bonchev–Trinajstić information content (AvgIpc) is 2.94. The highest BCUT2D eigenvalue weighted by atomic mass is 32.2. The predicted molar refractivity (Wildman–Crippen MR) is 72.7 cm³/mol. The molecular weight excluding hydrogens is 250 g/mol. The summed E-state index contributed by atoms with van der Waals surface area (Å²) in [7, 11) is -3.73. The van der Waals surface area contributed by atoms with Crippen molar-refractivity contribution < 1.29 is 8.42 Å². The minimum Gasteiger partial charge on any atom is -0.399 e. The zero-order valence-corrected chi connectivity index (χ0v) is 11.4. The first-order chi connectivity index (χ1) is 8.29. The summed E-state index contributed by atoms with van der Waals surface area (Å²) in [5.74, 6) is 1.42. The van der Waals surface area contributed by atoms with Crippen molar-refractivity contribution >= 4 is 21.4 Å². The molecule has 100 valence electrons. The Balaban J connectivity index is 2.27. The molecule has 1 fully saturated rings. The van der Waals surface area contributed by atoms with E-state index in [9.17, 15) is 8.42 Å². The first-order valence-corrected chi connectivity index (χ1v) is 7.50. The molecule has 0 amide bonds. The van der Waals surface area contributed by atoms with Crippen LogP contribution in [-0.4, -0.2) is 15.0 Å². The number of hydrogen-bond acceptors (Lipinski definition) is 4. The number of benzene rings is 1. The number of hydrogen-bond donors (Lipinski definition) is 3. The van der Waals surface area contributed by atoms with Crippen LogP contribution >= 0.6 is 0 Å². The second kappa shape index (κ2) is 4.44. The van der Waals surface area contributed by atoms with Gasteiger partial charge in [-0.15, -0.1) is 0 Å². The summed E-state index contributed by atoms with van der Waals surface area (Å²) in [6.45, 7) is 4.78. The van der Waals surface area contributed by atoms with E-state index in [4.69, 9.17) is 10.9 Å². The SMILES string of the molecule is Cc1c(NCC2CC2C)cc(N)cc1S(N)(=O)=O. The molecule has 2 unspecified atom stereocenters. The molecule has 0 saturated heterocycles. The van der Waals surface area contributed by atoms with Gasteiger partial charge in [0.05, 0.1) is 4.90 Å². The van der Waals surface area contributed by atoms with Gasteiger partial charge in [-0.3, -0.25) is 0 Å². The van der Waals surface area contributed by atoms with Gasteiger partial charge in [0.1, 0.15) is 0 Å². The third kappa shape index (κ3) is 2.76. The van der Waals surface area contributed by atoms with Crippen molar-refractivity contribution in [3.63, 3.8) is 0 Å². The van der Waals surface area contributed by atoms with Gasteiger partial charge in [0.25, 0.3) is 0 Å². The van der Waals surface area contributed by atoms with Gasteiger partial charge in [-0.2, -0.15) is 0 Å². The van der Waals surface area contributed by atoms with Gasteiger partial charge in [-0.25, -0.2) is 13.6 Å². The minimum absolute atomic E-state index is 0.0915. The second-order valence-corrected chi connectivity index (χ2v) is 6.62. The van der Waals surface area contributed by atoms with E-state index >= 15 is 0 Å². The lowest BCUT2D eigenvalue weighted by molar-refractivity contribution is 0.597. The van der Waals surface area contributed by atoms with Crippen LogP contribution in [0.4, 0.5) is 11.4 Å². The number of nitrogen functional groups attached to an aromatic ring is 1. The molecule has 2 atom stereocenters. The van der Waals surface area contributed by atoms with Gasteiger partial charge in [-0.1, -0.05) is 6.92 Å². The van der Waals surface area contributed by atoms with E-state index in [2.05, 4.69) is 12.2 Å². The average molecular weight is 269 g/mol. The Hall–Kier alpha value is -1.27. The van der Waals surface area contributed by atoms with E-state index in [0.29, 0.717) is 17.2 Å². The third-order valence-electron chi connectivity index (χ3n) is 3.52. The zero-order valence-electron chi connectivity index (χ0n) is 10.6. The Morgan fingerprint density at radius 2 is 2.06 bits per heavy atom. The maximum Gasteiger partial charge on any atom is 0.238 e. The largest absolute Gasteiger partial charge is 0.399 e. The molecule has 5 nitrogen and oxygen atoms in total. The molecule has 0 aromatic heterocycles. The van der Waals surface area contributed by atoms with E-state index in [1.807, 2.05) is 0 Å². The molecule has 0 bridgehead atoms. The number of primary sulfonamides is 1. The molecule has 1 aliphatic carbocycles. The lowest BCUT2D eigenvalue weighted by Crippen LogP contribution is -2.16. The summed E-state index contributed by atoms with van der Waals surface area (Å²) in [5, 5.41) is 8.43. The standard InChI is InChI=1S/C12H19N3O2S/c1-7-3-9(7)6-15-11-4-10(13)5-12(8(11)2)18(14,16)17/h4-5,7,9,15H,3,6,13H2,1-2H3,(H2,14,16,17). The van der Waals surface area contributed by atoms with Gasteiger partial charge in [-0.05, 0) is 42.9 Å². The van der Waals surface area contributed by atoms with Crippen molar-refractivity contribution in [3.8, 4) is 0 Å². The summed E-state index contributed by atoms with van der Waals surface area (Å²) >= 11 is 0. The molecule has 6 heteroatoms. The second-order valence-electron chi connectivity index (χ2n) is 5.09. The van der Waals surface area contributed by atoms with Crippen LogP contribution in [0.3, 0.4) is 0 Å². The molecule has 0 radical (unpaired) electrons. The van der Waals surface area contributed by atoms with Crippen LogP contribution in [0.5, 0.6) is 0 Å². The van der Waals surface area contributed by atoms with E-state index in [1.165, 1.54) is 12.5 Å². The normalized spacial score (nSPS) is 22.8. The summed E-state index contributed by atoms with van der Waals surface area (Å²) in [4.78, 5) is 0.0915. The maximum absolute atomic E-state index is 11.5. The fraction of sp³-hybridized carbons (Fsp3) is 0.500. The van der Waals surface area contributed by atoms with Crippen molar-refractivity contribution in [3.05, 3.63) is 17.7 Å². The van der Waals surface area contributed by atoms with E-state index in [1.54, 1.807) is 13.0 Å². The molecule has 0 heterocycles. The van der Waals surface area contributed by atoms with Crippen LogP contribution < -0.4 is 16.2 Å². The number of nitrogens with two attached hydrogens (primary N) is 2. The van der Waals surface area contributed by atoms with E-state index in [-0.39, 0.29) is 4.90 Å². The monoisotopic (exact) mass is 269 g/mol. The first kappa shape index (κ1) is 13.2. The van der Waals surface area contributed by atoms with Gasteiger partial charge >= 0.3 is 0 Å². The highest BCUT2D eigenvalue weighted by Crippen LogP contribution is 2.38. The summed E-state index contributed by atoms with van der Waals surface area (Å²) in [5.41, 5.74) is 7.49. The Kier molecular flexibility index (Phi) is 3.25. The van der Waals surface area contributed by atoms with Crippen LogP contribution in [0, 0.1) is 18.8 Å². The molecule has 1 saturated carbocycles. The molecule has 1 aromatic carbocycles. The lowest BCUT2D eigenvalue weighted by Gasteiger charge is -2.13.